The van der Waals surface area contributed by atoms with Crippen LogP contribution in [-0.2, 0) is 6.54 Å². The van der Waals surface area contributed by atoms with Crippen molar-refractivity contribution in [1.29, 1.82) is 0 Å². The van der Waals surface area contributed by atoms with Crippen LogP contribution in [0.4, 0.5) is 8.78 Å². The van der Waals surface area contributed by atoms with E-state index in [4.69, 9.17) is 0 Å². The second kappa shape index (κ2) is 4.63. The van der Waals surface area contributed by atoms with Crippen molar-refractivity contribution in [3.8, 4) is 0 Å². The average Bonchev–Trinajstić information content (AvgIpc) is 2.62. The lowest BCUT2D eigenvalue weighted by molar-refractivity contribution is -0.107. The Kier molecular flexibility index (Phi) is 3.52. The number of aliphatic hydroxyl groups is 1. The molecule has 1 aliphatic heterocycles. The molecule has 2 nitrogen and oxygen atoms in total. The van der Waals surface area contributed by atoms with Gasteiger partial charge in [0.25, 0.3) is 0 Å². The van der Waals surface area contributed by atoms with E-state index in [0.717, 1.165) is 5.56 Å². The minimum atomic E-state index is -3.23. The third-order valence-corrected chi connectivity index (χ3v) is 3.84. The number of benzene rings is 1. The van der Waals surface area contributed by atoms with Gasteiger partial charge >= 0.3 is 4.83 Å². The van der Waals surface area contributed by atoms with E-state index in [2.05, 4.69) is 15.9 Å². The Morgan fingerprint density at radius 2 is 2.00 bits per heavy atom. The molecule has 0 aliphatic carbocycles. The van der Waals surface area contributed by atoms with E-state index >= 15 is 0 Å². The van der Waals surface area contributed by atoms with Gasteiger partial charge in [0, 0.05) is 19.6 Å². The molecule has 1 saturated heterocycles. The Labute approximate surface area is 107 Å². The molecule has 0 amide bonds. The fraction of sp³-hybridized carbons (Fsp3) is 0.500. The van der Waals surface area contributed by atoms with Crippen molar-refractivity contribution < 1.29 is 13.9 Å². The summed E-state index contributed by atoms with van der Waals surface area (Å²) in [6.45, 7) is 1.05. The van der Waals surface area contributed by atoms with Crippen LogP contribution >= 0.6 is 15.9 Å². The number of rotatable bonds is 3. The Morgan fingerprint density at radius 3 is 2.53 bits per heavy atom. The third-order valence-electron chi connectivity index (χ3n) is 3.10. The van der Waals surface area contributed by atoms with Gasteiger partial charge in [0.2, 0.25) is 0 Å². The van der Waals surface area contributed by atoms with E-state index in [0.29, 0.717) is 13.1 Å². The summed E-state index contributed by atoms with van der Waals surface area (Å²) in [6.07, 6.45) is 0.0814. The summed E-state index contributed by atoms with van der Waals surface area (Å²) >= 11 is 2.26. The van der Waals surface area contributed by atoms with E-state index in [1.165, 1.54) is 0 Å². The Balaban J connectivity index is 1.99. The Morgan fingerprint density at radius 1 is 1.35 bits per heavy atom. The molecule has 17 heavy (non-hydrogen) atoms. The molecule has 1 atom stereocenters. The monoisotopic (exact) mass is 305 g/mol. The molecule has 1 heterocycles. The Bertz CT molecular complexity index is 382. The van der Waals surface area contributed by atoms with Gasteiger partial charge in [0.05, 0.1) is 0 Å². The quantitative estimate of drug-likeness (QED) is 0.868. The van der Waals surface area contributed by atoms with Gasteiger partial charge in [0.1, 0.15) is 0 Å². The molecule has 1 fully saturated rings. The minimum Gasteiger partial charge on any atom is -0.381 e. The number of nitrogens with zero attached hydrogens (tertiary/aromatic N) is 1. The molecule has 0 radical (unpaired) electrons. The zero-order valence-corrected chi connectivity index (χ0v) is 10.8. The van der Waals surface area contributed by atoms with Crippen LogP contribution in [0.25, 0.3) is 0 Å². The molecule has 2 rings (SSSR count). The fourth-order valence-corrected chi connectivity index (χ4v) is 2.40. The summed E-state index contributed by atoms with van der Waals surface area (Å²) < 4.78 is 26.3. The summed E-state index contributed by atoms with van der Waals surface area (Å²) in [5, 5.41) is 9.84. The van der Waals surface area contributed by atoms with E-state index in [1.54, 1.807) is 0 Å². The number of halogens is 3. The van der Waals surface area contributed by atoms with E-state index in [9.17, 15) is 13.9 Å². The van der Waals surface area contributed by atoms with Crippen molar-refractivity contribution in [3.05, 3.63) is 35.9 Å². The van der Waals surface area contributed by atoms with E-state index in [-0.39, 0.29) is 13.0 Å². The highest BCUT2D eigenvalue weighted by Crippen LogP contribution is 2.41. The van der Waals surface area contributed by atoms with Crippen LogP contribution in [-0.4, -0.2) is 33.5 Å². The lowest BCUT2D eigenvalue weighted by Crippen LogP contribution is -2.46. The number of alkyl halides is 3. The predicted octanol–water partition coefficient (Wildman–Crippen LogP) is 2.61. The van der Waals surface area contributed by atoms with Crippen molar-refractivity contribution in [3.63, 3.8) is 0 Å². The highest BCUT2D eigenvalue weighted by atomic mass is 79.9. The SMILES string of the molecule is OC1(C(F)(F)Br)CCN(Cc2ccccc2)C1. The molecule has 1 aliphatic rings. The molecule has 1 unspecified atom stereocenters. The van der Waals surface area contributed by atoms with Gasteiger partial charge in [-0.1, -0.05) is 30.3 Å². The van der Waals surface area contributed by atoms with Crippen LogP contribution in [0.15, 0.2) is 30.3 Å². The van der Waals surface area contributed by atoms with E-state index < -0.39 is 10.4 Å². The van der Waals surface area contributed by atoms with Gasteiger partial charge in [-0.05, 0) is 27.9 Å². The van der Waals surface area contributed by atoms with Crippen molar-refractivity contribution in [1.82, 2.24) is 4.90 Å². The molecule has 0 spiro atoms. The topological polar surface area (TPSA) is 23.5 Å². The number of hydrogen-bond donors (Lipinski definition) is 1. The number of likely N-dealkylation sites (tertiary alicyclic amines) is 1. The molecular weight excluding hydrogens is 292 g/mol. The van der Waals surface area contributed by atoms with Crippen molar-refractivity contribution >= 4 is 15.9 Å². The molecule has 1 aromatic rings. The van der Waals surface area contributed by atoms with Gasteiger partial charge in [-0.2, -0.15) is 8.78 Å². The maximum Gasteiger partial charge on any atom is 0.330 e. The standard InChI is InChI=1S/C12H14BrF2NO/c13-12(14,15)11(17)6-7-16(9-11)8-10-4-2-1-3-5-10/h1-5,17H,6-9H2. The molecule has 1 N–H and O–H groups in total. The van der Waals surface area contributed by atoms with Gasteiger partial charge in [-0.15, -0.1) is 0 Å². The van der Waals surface area contributed by atoms with Gasteiger partial charge in [-0.25, -0.2) is 0 Å². The van der Waals surface area contributed by atoms with Crippen LogP contribution in [0.2, 0.25) is 0 Å². The van der Waals surface area contributed by atoms with Gasteiger partial charge in [-0.3, -0.25) is 4.90 Å². The second-order valence-corrected chi connectivity index (χ2v) is 5.47. The van der Waals surface area contributed by atoms with Crippen LogP contribution in [0.3, 0.4) is 0 Å². The molecule has 5 heteroatoms. The van der Waals surface area contributed by atoms with Crippen molar-refractivity contribution in [2.45, 2.75) is 23.4 Å². The van der Waals surface area contributed by atoms with E-state index in [1.807, 2.05) is 35.2 Å². The third kappa shape index (κ3) is 2.84. The van der Waals surface area contributed by atoms with Crippen LogP contribution in [0, 0.1) is 0 Å². The summed E-state index contributed by atoms with van der Waals surface area (Å²) in [4.78, 5) is -1.39. The molecule has 94 valence electrons. The Hall–Kier alpha value is -0.520. The van der Waals surface area contributed by atoms with Gasteiger partial charge < -0.3 is 5.11 Å². The maximum absolute atomic E-state index is 13.2. The van der Waals surface area contributed by atoms with Crippen LogP contribution in [0.1, 0.15) is 12.0 Å². The highest BCUT2D eigenvalue weighted by Gasteiger charge is 2.54. The first-order valence-electron chi connectivity index (χ1n) is 5.46. The first-order valence-corrected chi connectivity index (χ1v) is 6.25. The number of hydrogen-bond acceptors (Lipinski definition) is 2. The lowest BCUT2D eigenvalue weighted by Gasteiger charge is -2.28. The zero-order chi connectivity index (χ0) is 12.5. The average molecular weight is 306 g/mol. The zero-order valence-electron chi connectivity index (χ0n) is 9.24. The minimum absolute atomic E-state index is 0.0137. The summed E-state index contributed by atoms with van der Waals surface area (Å²) in [5.74, 6) is 0. The molecular formula is C12H14BrF2NO. The predicted molar refractivity (Wildman–Crippen MR) is 65.2 cm³/mol. The lowest BCUT2D eigenvalue weighted by atomic mass is 10.1. The summed E-state index contributed by atoms with van der Waals surface area (Å²) in [7, 11) is 0. The summed E-state index contributed by atoms with van der Waals surface area (Å²) in [6, 6.07) is 9.64. The smallest absolute Gasteiger partial charge is 0.330 e. The largest absolute Gasteiger partial charge is 0.381 e. The van der Waals surface area contributed by atoms with Crippen LogP contribution < -0.4 is 0 Å². The molecule has 1 aromatic carbocycles. The van der Waals surface area contributed by atoms with Crippen molar-refractivity contribution in [2.24, 2.45) is 0 Å². The van der Waals surface area contributed by atoms with Crippen LogP contribution in [0.5, 0.6) is 0 Å². The molecule has 0 saturated carbocycles. The number of β-amino-alcohol motifs (C(OH)–C–C–N with tert-alkyl or cyclic N) is 1. The van der Waals surface area contributed by atoms with Crippen molar-refractivity contribution in [2.75, 3.05) is 13.1 Å². The van der Waals surface area contributed by atoms with Gasteiger partial charge in [0.15, 0.2) is 5.60 Å². The normalized spacial score (nSPS) is 26.4. The second-order valence-electron chi connectivity index (χ2n) is 4.48. The maximum atomic E-state index is 13.2. The first kappa shape index (κ1) is 12.9. The fourth-order valence-electron chi connectivity index (χ4n) is 2.08. The highest BCUT2D eigenvalue weighted by molar-refractivity contribution is 9.10. The molecule has 0 bridgehead atoms. The summed E-state index contributed by atoms with van der Waals surface area (Å²) in [5.41, 5.74) is -0.892. The first-order chi connectivity index (χ1) is 7.91. The molecule has 0 aromatic heterocycles.